The molecule has 2 rings (SSSR count). The van der Waals surface area contributed by atoms with Gasteiger partial charge in [0.25, 0.3) is 5.56 Å². The third-order valence-corrected chi connectivity index (χ3v) is 3.92. The van der Waals surface area contributed by atoms with Crippen LogP contribution in [0.25, 0.3) is 0 Å². The Balaban J connectivity index is 2.11. The molecule has 1 aliphatic carbocycles. The van der Waals surface area contributed by atoms with Crippen molar-refractivity contribution in [2.45, 2.75) is 32.7 Å². The third-order valence-electron chi connectivity index (χ3n) is 3.55. The summed E-state index contributed by atoms with van der Waals surface area (Å²) in [6.07, 6.45) is 6.95. The summed E-state index contributed by atoms with van der Waals surface area (Å²) >= 11 is 6.05. The van der Waals surface area contributed by atoms with Gasteiger partial charge in [0.2, 0.25) is 0 Å². The highest BCUT2D eigenvalue weighted by Crippen LogP contribution is 2.40. The van der Waals surface area contributed by atoms with Gasteiger partial charge in [-0.15, -0.1) is 6.58 Å². The van der Waals surface area contributed by atoms with Crippen LogP contribution in [0.5, 0.6) is 0 Å². The number of rotatable bonds is 5. The summed E-state index contributed by atoms with van der Waals surface area (Å²) in [6, 6.07) is 0. The van der Waals surface area contributed by atoms with Crippen LogP contribution in [0.15, 0.2) is 23.6 Å². The number of anilines is 1. The Morgan fingerprint density at radius 1 is 1.67 bits per heavy atom. The first kappa shape index (κ1) is 13.1. The molecule has 0 amide bonds. The topological polar surface area (TPSA) is 46.9 Å². The van der Waals surface area contributed by atoms with E-state index in [2.05, 4.69) is 23.9 Å². The van der Waals surface area contributed by atoms with Crippen molar-refractivity contribution in [1.29, 1.82) is 0 Å². The highest BCUT2D eigenvalue weighted by molar-refractivity contribution is 6.32. The quantitative estimate of drug-likeness (QED) is 0.835. The predicted molar refractivity (Wildman–Crippen MR) is 74.2 cm³/mol. The molecule has 0 saturated heterocycles. The Bertz CT molecular complexity index is 505. The van der Waals surface area contributed by atoms with Gasteiger partial charge in [0.1, 0.15) is 5.02 Å². The van der Waals surface area contributed by atoms with Gasteiger partial charge in [-0.3, -0.25) is 4.79 Å². The van der Waals surface area contributed by atoms with Gasteiger partial charge in [0.05, 0.1) is 18.4 Å². The zero-order valence-electron chi connectivity index (χ0n) is 10.6. The van der Waals surface area contributed by atoms with Gasteiger partial charge in [-0.25, -0.2) is 4.68 Å². The molecule has 5 heteroatoms. The lowest BCUT2D eigenvalue weighted by atomic mass is 9.70. The van der Waals surface area contributed by atoms with Crippen LogP contribution in [-0.2, 0) is 6.54 Å². The molecule has 0 radical (unpaired) electrons. The molecule has 1 aromatic rings. The molecule has 98 valence electrons. The summed E-state index contributed by atoms with van der Waals surface area (Å²) in [6.45, 7) is 7.02. The van der Waals surface area contributed by atoms with Gasteiger partial charge in [0.15, 0.2) is 0 Å². The second-order valence-electron chi connectivity index (χ2n) is 5.17. The van der Waals surface area contributed by atoms with E-state index in [9.17, 15) is 4.79 Å². The minimum Gasteiger partial charge on any atom is -0.382 e. The number of aromatic nitrogens is 2. The van der Waals surface area contributed by atoms with Crippen molar-refractivity contribution in [1.82, 2.24) is 9.78 Å². The molecule has 1 N–H and O–H groups in total. The fourth-order valence-electron chi connectivity index (χ4n) is 2.11. The maximum atomic E-state index is 11.9. The van der Waals surface area contributed by atoms with Crippen LogP contribution in [0, 0.1) is 5.41 Å². The van der Waals surface area contributed by atoms with Crippen molar-refractivity contribution in [3.05, 3.63) is 34.2 Å². The number of hydrogen-bond donors (Lipinski definition) is 1. The van der Waals surface area contributed by atoms with Crippen molar-refractivity contribution in [2.24, 2.45) is 5.41 Å². The molecule has 1 heterocycles. The number of nitrogens with zero attached hydrogens (tertiary/aromatic N) is 2. The molecule has 1 fully saturated rings. The molecule has 0 aromatic carbocycles. The highest BCUT2D eigenvalue weighted by Gasteiger charge is 2.31. The van der Waals surface area contributed by atoms with Gasteiger partial charge < -0.3 is 5.32 Å². The number of halogens is 1. The Labute approximate surface area is 112 Å². The van der Waals surface area contributed by atoms with Crippen molar-refractivity contribution >= 4 is 17.3 Å². The van der Waals surface area contributed by atoms with Gasteiger partial charge in [0, 0.05) is 6.54 Å². The average molecular weight is 268 g/mol. The Kier molecular flexibility index (Phi) is 3.76. The minimum absolute atomic E-state index is 0.203. The molecular formula is C13H18ClN3O. The van der Waals surface area contributed by atoms with Crippen LogP contribution in [0.2, 0.25) is 5.02 Å². The Morgan fingerprint density at radius 2 is 2.39 bits per heavy atom. The lowest BCUT2D eigenvalue weighted by Gasteiger charge is -2.38. The third kappa shape index (κ3) is 2.58. The van der Waals surface area contributed by atoms with E-state index in [4.69, 9.17) is 11.6 Å². The minimum atomic E-state index is -0.277. The van der Waals surface area contributed by atoms with Gasteiger partial charge in [-0.05, 0) is 18.3 Å². The summed E-state index contributed by atoms with van der Waals surface area (Å²) in [5.41, 5.74) is 0.676. The first-order valence-corrected chi connectivity index (χ1v) is 6.54. The monoisotopic (exact) mass is 267 g/mol. The zero-order valence-corrected chi connectivity index (χ0v) is 11.3. The van der Waals surface area contributed by atoms with E-state index >= 15 is 0 Å². The van der Waals surface area contributed by atoms with Gasteiger partial charge in [-0.1, -0.05) is 31.0 Å². The first-order valence-electron chi connectivity index (χ1n) is 6.16. The first-order chi connectivity index (χ1) is 8.56. The van der Waals surface area contributed by atoms with Crippen molar-refractivity contribution < 1.29 is 0 Å². The number of allylic oxidation sites excluding steroid dienone is 1. The van der Waals surface area contributed by atoms with Crippen LogP contribution < -0.4 is 10.9 Å². The largest absolute Gasteiger partial charge is 0.382 e. The Morgan fingerprint density at radius 3 is 2.94 bits per heavy atom. The molecule has 0 spiro atoms. The SMILES string of the molecule is C=CCn1ncc(NCC2(C)CCC2)c(Cl)c1=O. The van der Waals surface area contributed by atoms with Crippen LogP contribution in [0.1, 0.15) is 26.2 Å². The molecule has 1 aromatic heterocycles. The van der Waals surface area contributed by atoms with E-state index in [0.717, 1.165) is 6.54 Å². The molecule has 4 nitrogen and oxygen atoms in total. The average Bonchev–Trinajstić information content (AvgIpc) is 2.32. The Hall–Kier alpha value is -1.29. The van der Waals surface area contributed by atoms with Crippen LogP contribution in [-0.4, -0.2) is 16.3 Å². The molecule has 1 aliphatic rings. The van der Waals surface area contributed by atoms with E-state index in [-0.39, 0.29) is 10.6 Å². The van der Waals surface area contributed by atoms with Crippen molar-refractivity contribution in [2.75, 3.05) is 11.9 Å². The maximum absolute atomic E-state index is 11.9. The molecule has 0 bridgehead atoms. The molecule has 18 heavy (non-hydrogen) atoms. The molecule has 1 saturated carbocycles. The second kappa shape index (κ2) is 5.14. The lowest BCUT2D eigenvalue weighted by Crippen LogP contribution is -2.34. The fraction of sp³-hybridized carbons (Fsp3) is 0.538. The fourth-order valence-corrected chi connectivity index (χ4v) is 2.32. The van der Waals surface area contributed by atoms with E-state index in [1.165, 1.54) is 23.9 Å². The van der Waals surface area contributed by atoms with E-state index in [1.54, 1.807) is 12.3 Å². The highest BCUT2D eigenvalue weighted by atomic mass is 35.5. The maximum Gasteiger partial charge on any atom is 0.287 e. The van der Waals surface area contributed by atoms with Gasteiger partial charge in [-0.2, -0.15) is 5.10 Å². The van der Waals surface area contributed by atoms with Crippen molar-refractivity contribution in [3.63, 3.8) is 0 Å². The number of nitrogens with one attached hydrogen (secondary N) is 1. The zero-order chi connectivity index (χ0) is 13.2. The molecule has 0 aliphatic heterocycles. The van der Waals surface area contributed by atoms with E-state index < -0.39 is 0 Å². The summed E-state index contributed by atoms with van der Waals surface area (Å²) in [7, 11) is 0. The standard InChI is InChI=1S/C13H18ClN3O/c1-3-7-17-12(18)11(14)10(8-16-17)15-9-13(2)5-4-6-13/h3,8,15H,1,4-7,9H2,2H3. The molecule has 0 atom stereocenters. The van der Waals surface area contributed by atoms with Crippen LogP contribution in [0.3, 0.4) is 0 Å². The summed E-state index contributed by atoms with van der Waals surface area (Å²) in [5.74, 6) is 0. The number of hydrogen-bond acceptors (Lipinski definition) is 3. The summed E-state index contributed by atoms with van der Waals surface area (Å²) < 4.78 is 1.30. The normalized spacial score (nSPS) is 17.0. The lowest BCUT2D eigenvalue weighted by molar-refractivity contribution is 0.180. The van der Waals surface area contributed by atoms with Crippen molar-refractivity contribution in [3.8, 4) is 0 Å². The van der Waals surface area contributed by atoms with Crippen LogP contribution in [0.4, 0.5) is 5.69 Å². The molecular weight excluding hydrogens is 250 g/mol. The summed E-state index contributed by atoms with van der Waals surface area (Å²) in [5, 5.41) is 7.49. The smallest absolute Gasteiger partial charge is 0.287 e. The van der Waals surface area contributed by atoms with E-state index in [1.807, 2.05) is 0 Å². The van der Waals surface area contributed by atoms with Gasteiger partial charge >= 0.3 is 0 Å². The second-order valence-corrected chi connectivity index (χ2v) is 5.54. The summed E-state index contributed by atoms with van der Waals surface area (Å²) in [4.78, 5) is 11.9. The van der Waals surface area contributed by atoms with E-state index in [0.29, 0.717) is 17.6 Å². The van der Waals surface area contributed by atoms with Crippen LogP contribution >= 0.6 is 11.6 Å². The molecule has 0 unspecified atom stereocenters. The predicted octanol–water partition coefficient (Wildman–Crippen LogP) is 2.68.